The van der Waals surface area contributed by atoms with Crippen LogP contribution in [0.15, 0.2) is 75.0 Å². The Morgan fingerprint density at radius 1 is 1.12 bits per heavy atom. The van der Waals surface area contributed by atoms with Crippen LogP contribution in [-0.4, -0.2) is 21.3 Å². The van der Waals surface area contributed by atoms with Crippen LogP contribution < -0.4 is 5.56 Å². The van der Waals surface area contributed by atoms with Crippen LogP contribution in [0.3, 0.4) is 0 Å². The van der Waals surface area contributed by atoms with E-state index < -0.39 is 5.56 Å². The molecule has 0 aliphatic carbocycles. The normalized spacial score (nSPS) is 10.6. The average molecular weight is 436 g/mol. The van der Waals surface area contributed by atoms with E-state index in [2.05, 4.69) is 21.0 Å². The summed E-state index contributed by atoms with van der Waals surface area (Å²) in [5.74, 6) is 0.137. The summed E-state index contributed by atoms with van der Waals surface area (Å²) >= 11 is 10.7. The SMILES string of the molecule is O=C(CSc1cnn(-c2ccccc2)c(=O)c1Cl)c1ccc(Br)cc1. The van der Waals surface area contributed by atoms with Gasteiger partial charge in [-0.1, -0.05) is 57.9 Å². The summed E-state index contributed by atoms with van der Waals surface area (Å²) in [6.45, 7) is 0. The zero-order chi connectivity index (χ0) is 17.8. The summed E-state index contributed by atoms with van der Waals surface area (Å²) < 4.78 is 2.15. The van der Waals surface area contributed by atoms with E-state index in [1.807, 2.05) is 30.3 Å². The number of thioether (sulfide) groups is 1. The van der Waals surface area contributed by atoms with E-state index >= 15 is 0 Å². The van der Waals surface area contributed by atoms with Gasteiger partial charge in [-0.15, -0.1) is 11.8 Å². The van der Waals surface area contributed by atoms with Gasteiger partial charge in [-0.05, 0) is 24.3 Å². The highest BCUT2D eigenvalue weighted by Gasteiger charge is 2.13. The summed E-state index contributed by atoms with van der Waals surface area (Å²) in [6.07, 6.45) is 1.51. The molecule has 0 fully saturated rings. The summed E-state index contributed by atoms with van der Waals surface area (Å²) in [6, 6.07) is 16.2. The van der Waals surface area contributed by atoms with Gasteiger partial charge < -0.3 is 0 Å². The number of hydrogen-bond acceptors (Lipinski definition) is 4. The molecule has 0 saturated carbocycles. The standard InChI is InChI=1S/C18H12BrClN2O2S/c19-13-8-6-12(7-9-13)15(23)11-25-16-10-21-22(18(24)17(16)20)14-4-2-1-3-5-14/h1-10H,11H2. The lowest BCUT2D eigenvalue weighted by atomic mass is 10.2. The Morgan fingerprint density at radius 2 is 1.80 bits per heavy atom. The average Bonchev–Trinajstić information content (AvgIpc) is 2.64. The zero-order valence-corrected chi connectivity index (χ0v) is 16.0. The maximum Gasteiger partial charge on any atom is 0.291 e. The van der Waals surface area contributed by atoms with Crippen LogP contribution in [0, 0.1) is 0 Å². The molecule has 0 bridgehead atoms. The first kappa shape index (κ1) is 17.9. The molecule has 4 nitrogen and oxygen atoms in total. The highest BCUT2D eigenvalue weighted by atomic mass is 79.9. The first-order valence-corrected chi connectivity index (χ1v) is 9.47. The van der Waals surface area contributed by atoms with Crippen LogP contribution in [-0.2, 0) is 0 Å². The number of hydrogen-bond donors (Lipinski definition) is 0. The van der Waals surface area contributed by atoms with Crippen molar-refractivity contribution < 1.29 is 4.79 Å². The number of aromatic nitrogens is 2. The number of halogens is 2. The van der Waals surface area contributed by atoms with E-state index in [4.69, 9.17) is 11.6 Å². The van der Waals surface area contributed by atoms with Crippen LogP contribution in [0.25, 0.3) is 5.69 Å². The van der Waals surface area contributed by atoms with Crippen molar-refractivity contribution in [3.8, 4) is 5.69 Å². The number of ketones is 1. The van der Waals surface area contributed by atoms with Gasteiger partial charge in [0.2, 0.25) is 0 Å². The molecule has 0 aliphatic rings. The van der Waals surface area contributed by atoms with E-state index in [0.717, 1.165) is 4.47 Å². The second-order valence-electron chi connectivity index (χ2n) is 5.09. The summed E-state index contributed by atoms with van der Waals surface area (Å²) in [5, 5.41) is 4.22. The fraction of sp³-hybridized carbons (Fsp3) is 0.0556. The Kier molecular flexibility index (Phi) is 5.73. The first-order chi connectivity index (χ1) is 12.1. The molecule has 0 saturated heterocycles. The Hall–Kier alpha value is -1.89. The van der Waals surface area contributed by atoms with E-state index in [-0.39, 0.29) is 16.6 Å². The largest absolute Gasteiger partial charge is 0.293 e. The molecule has 0 N–H and O–H groups in total. The van der Waals surface area contributed by atoms with Crippen LogP contribution in [0.2, 0.25) is 5.02 Å². The van der Waals surface area contributed by atoms with E-state index in [1.165, 1.54) is 22.6 Å². The third kappa shape index (κ3) is 4.21. The van der Waals surface area contributed by atoms with Crippen molar-refractivity contribution in [3.05, 3.63) is 86.2 Å². The molecule has 0 radical (unpaired) electrons. The third-order valence-corrected chi connectivity index (χ3v) is 5.45. The van der Waals surface area contributed by atoms with E-state index in [1.54, 1.807) is 24.3 Å². The third-order valence-electron chi connectivity index (χ3n) is 3.41. The Labute approximate surface area is 162 Å². The molecule has 1 heterocycles. The molecule has 0 aliphatic heterocycles. The van der Waals surface area contributed by atoms with Gasteiger partial charge in [0.1, 0.15) is 5.02 Å². The van der Waals surface area contributed by atoms with Crippen LogP contribution in [0.4, 0.5) is 0 Å². The Bertz CT molecular complexity index is 959. The number of para-hydroxylation sites is 1. The fourth-order valence-corrected chi connectivity index (χ4v) is 3.48. The van der Waals surface area contributed by atoms with Crippen molar-refractivity contribution in [2.45, 2.75) is 4.90 Å². The lowest BCUT2D eigenvalue weighted by molar-refractivity contribution is 0.102. The molecule has 25 heavy (non-hydrogen) atoms. The van der Waals surface area contributed by atoms with Crippen molar-refractivity contribution in [1.29, 1.82) is 0 Å². The molecule has 3 rings (SSSR count). The minimum Gasteiger partial charge on any atom is -0.293 e. The highest BCUT2D eigenvalue weighted by Crippen LogP contribution is 2.24. The lowest BCUT2D eigenvalue weighted by Gasteiger charge is -2.08. The molecule has 0 amide bonds. The lowest BCUT2D eigenvalue weighted by Crippen LogP contribution is -2.21. The topological polar surface area (TPSA) is 52.0 Å². The van der Waals surface area contributed by atoms with Gasteiger partial charge in [-0.25, -0.2) is 0 Å². The summed E-state index contributed by atoms with van der Waals surface area (Å²) in [7, 11) is 0. The number of Topliss-reactive ketones (excluding diaryl/α,β-unsaturated/α-hetero) is 1. The molecule has 0 unspecified atom stereocenters. The number of carbonyl (C=O) groups excluding carboxylic acids is 1. The van der Waals surface area contributed by atoms with Gasteiger partial charge in [0.15, 0.2) is 5.78 Å². The summed E-state index contributed by atoms with van der Waals surface area (Å²) in [4.78, 5) is 25.1. The number of carbonyl (C=O) groups is 1. The molecule has 126 valence electrons. The van der Waals surface area contributed by atoms with Crippen molar-refractivity contribution >= 4 is 45.1 Å². The highest BCUT2D eigenvalue weighted by molar-refractivity contribution is 9.10. The minimum absolute atomic E-state index is 0.0409. The molecule has 0 atom stereocenters. The molecule has 2 aromatic carbocycles. The van der Waals surface area contributed by atoms with Crippen LogP contribution in [0.5, 0.6) is 0 Å². The van der Waals surface area contributed by atoms with E-state index in [9.17, 15) is 9.59 Å². The Balaban J connectivity index is 1.78. The van der Waals surface area contributed by atoms with Gasteiger partial charge in [-0.2, -0.15) is 9.78 Å². The Morgan fingerprint density at radius 3 is 2.48 bits per heavy atom. The maximum absolute atomic E-state index is 12.4. The van der Waals surface area contributed by atoms with Crippen LogP contribution >= 0.6 is 39.3 Å². The first-order valence-electron chi connectivity index (χ1n) is 7.31. The van der Waals surface area contributed by atoms with Crippen molar-refractivity contribution in [2.75, 3.05) is 5.75 Å². The van der Waals surface area contributed by atoms with Gasteiger partial charge in [0, 0.05) is 10.0 Å². The van der Waals surface area contributed by atoms with Crippen molar-refractivity contribution in [3.63, 3.8) is 0 Å². The van der Waals surface area contributed by atoms with E-state index in [0.29, 0.717) is 16.1 Å². The smallest absolute Gasteiger partial charge is 0.291 e. The molecule has 0 spiro atoms. The van der Waals surface area contributed by atoms with Gasteiger partial charge in [0.25, 0.3) is 5.56 Å². The zero-order valence-electron chi connectivity index (χ0n) is 12.9. The van der Waals surface area contributed by atoms with Crippen molar-refractivity contribution in [2.24, 2.45) is 0 Å². The van der Waals surface area contributed by atoms with Crippen molar-refractivity contribution in [1.82, 2.24) is 9.78 Å². The monoisotopic (exact) mass is 434 g/mol. The second-order valence-corrected chi connectivity index (χ2v) is 7.40. The van der Waals surface area contributed by atoms with Crippen LogP contribution in [0.1, 0.15) is 10.4 Å². The number of benzene rings is 2. The fourth-order valence-electron chi connectivity index (χ4n) is 2.13. The molecular weight excluding hydrogens is 424 g/mol. The molecule has 7 heteroatoms. The maximum atomic E-state index is 12.4. The van der Waals surface area contributed by atoms with Gasteiger partial charge in [0.05, 0.1) is 22.5 Å². The quantitative estimate of drug-likeness (QED) is 0.433. The predicted molar refractivity (Wildman–Crippen MR) is 104 cm³/mol. The summed E-state index contributed by atoms with van der Waals surface area (Å²) in [5.41, 5.74) is 0.836. The van der Waals surface area contributed by atoms with Gasteiger partial charge in [-0.3, -0.25) is 9.59 Å². The predicted octanol–water partition coefficient (Wildman–Crippen LogP) is 4.62. The molecule has 1 aromatic heterocycles. The molecule has 3 aromatic rings. The minimum atomic E-state index is -0.408. The number of nitrogens with zero attached hydrogens (tertiary/aromatic N) is 2. The van der Waals surface area contributed by atoms with Gasteiger partial charge >= 0.3 is 0 Å². The molecular formula is C18H12BrClN2O2S. The number of rotatable bonds is 5. The second kappa shape index (κ2) is 7.99.